The Kier molecular flexibility index (Phi) is 2.83. The number of phenols is 1. The Balaban J connectivity index is 2.21. The van der Waals surface area contributed by atoms with Crippen molar-refractivity contribution >= 4 is 21.5 Å². The minimum Gasteiger partial charge on any atom is -0.507 e. The van der Waals surface area contributed by atoms with Crippen molar-refractivity contribution in [3.05, 3.63) is 78.6 Å². The summed E-state index contributed by atoms with van der Waals surface area (Å²) in [6, 6.07) is 22.2. The van der Waals surface area contributed by atoms with Gasteiger partial charge in [0.25, 0.3) is 0 Å². The molecule has 0 aliphatic rings. The smallest absolute Gasteiger partial charge is 0.134 e. The Morgan fingerprint density at radius 3 is 2.14 bits per heavy atom. The number of aromatic hydroxyl groups is 1. The summed E-state index contributed by atoms with van der Waals surface area (Å²) in [6.07, 6.45) is 0. The quantitative estimate of drug-likeness (QED) is 0.458. The van der Waals surface area contributed by atoms with Crippen LogP contribution in [0.25, 0.3) is 32.7 Å². The lowest BCUT2D eigenvalue weighted by atomic mass is 9.92. The summed E-state index contributed by atoms with van der Waals surface area (Å²) < 4.78 is 14.3. The lowest BCUT2D eigenvalue weighted by Gasteiger charge is -2.12. The van der Waals surface area contributed by atoms with Gasteiger partial charge >= 0.3 is 0 Å². The third-order valence-electron chi connectivity index (χ3n) is 4.03. The molecule has 0 fully saturated rings. The van der Waals surface area contributed by atoms with Gasteiger partial charge in [0.05, 0.1) is 5.56 Å². The maximum atomic E-state index is 14.3. The van der Waals surface area contributed by atoms with Gasteiger partial charge in [-0.2, -0.15) is 0 Å². The van der Waals surface area contributed by atoms with Gasteiger partial charge in [-0.05, 0) is 45.3 Å². The van der Waals surface area contributed by atoms with Crippen LogP contribution in [-0.4, -0.2) is 5.11 Å². The molecule has 4 aromatic rings. The summed E-state index contributed by atoms with van der Waals surface area (Å²) in [7, 11) is 0. The highest BCUT2D eigenvalue weighted by atomic mass is 19.1. The van der Waals surface area contributed by atoms with E-state index in [1.54, 1.807) is 0 Å². The first-order valence-corrected chi connectivity index (χ1v) is 7.14. The predicted molar refractivity (Wildman–Crippen MR) is 88.5 cm³/mol. The third kappa shape index (κ3) is 1.85. The van der Waals surface area contributed by atoms with Crippen LogP contribution in [-0.2, 0) is 0 Å². The van der Waals surface area contributed by atoms with E-state index in [-0.39, 0.29) is 11.3 Å². The molecule has 0 unspecified atom stereocenters. The Morgan fingerprint density at radius 1 is 0.682 bits per heavy atom. The van der Waals surface area contributed by atoms with Gasteiger partial charge in [0.1, 0.15) is 11.6 Å². The van der Waals surface area contributed by atoms with E-state index in [1.807, 2.05) is 48.5 Å². The molecular formula is C20H13FO. The van der Waals surface area contributed by atoms with Crippen LogP contribution in [0.1, 0.15) is 0 Å². The van der Waals surface area contributed by atoms with Gasteiger partial charge in [0.2, 0.25) is 0 Å². The molecule has 0 aromatic heterocycles. The van der Waals surface area contributed by atoms with E-state index >= 15 is 0 Å². The zero-order valence-corrected chi connectivity index (χ0v) is 11.8. The van der Waals surface area contributed by atoms with Crippen LogP contribution in [0, 0.1) is 5.82 Å². The first kappa shape index (κ1) is 12.8. The van der Waals surface area contributed by atoms with Gasteiger partial charge in [-0.3, -0.25) is 0 Å². The van der Waals surface area contributed by atoms with Crippen molar-refractivity contribution in [1.82, 2.24) is 0 Å². The molecule has 106 valence electrons. The van der Waals surface area contributed by atoms with Gasteiger partial charge < -0.3 is 5.11 Å². The van der Waals surface area contributed by atoms with Gasteiger partial charge in [0, 0.05) is 0 Å². The minimum absolute atomic E-state index is 0.0413. The summed E-state index contributed by atoms with van der Waals surface area (Å²) in [5.41, 5.74) is 0.967. The highest BCUT2D eigenvalue weighted by Gasteiger charge is 2.14. The van der Waals surface area contributed by atoms with Crippen LogP contribution >= 0.6 is 0 Å². The van der Waals surface area contributed by atoms with Gasteiger partial charge in [-0.1, -0.05) is 54.6 Å². The van der Waals surface area contributed by atoms with Crippen molar-refractivity contribution in [3.8, 4) is 16.9 Å². The molecule has 0 heterocycles. The molecule has 0 aliphatic carbocycles. The summed E-state index contributed by atoms with van der Waals surface area (Å²) in [5.74, 6) is -0.458. The number of rotatable bonds is 1. The van der Waals surface area contributed by atoms with E-state index in [0.29, 0.717) is 5.56 Å². The van der Waals surface area contributed by atoms with Crippen LogP contribution < -0.4 is 0 Å². The number of hydrogen-bond acceptors (Lipinski definition) is 1. The summed E-state index contributed by atoms with van der Waals surface area (Å²) in [6.45, 7) is 0. The van der Waals surface area contributed by atoms with Crippen LogP contribution in [0.15, 0.2) is 72.8 Å². The predicted octanol–water partition coefficient (Wildman–Crippen LogP) is 5.50. The molecule has 0 saturated carbocycles. The summed E-state index contributed by atoms with van der Waals surface area (Å²) in [5, 5.41) is 14.3. The first-order chi connectivity index (χ1) is 10.8. The zero-order chi connectivity index (χ0) is 15.1. The molecule has 0 amide bonds. The van der Waals surface area contributed by atoms with E-state index in [1.165, 1.54) is 18.2 Å². The molecule has 0 saturated heterocycles. The Bertz CT molecular complexity index is 985. The second-order valence-corrected chi connectivity index (χ2v) is 5.32. The molecule has 0 spiro atoms. The standard InChI is InChI=1S/C20H13FO/c21-18-10-5-11-19(22)20(18)17-12-13-6-1-2-7-14(13)15-8-3-4-9-16(15)17/h1-12,22H. The fourth-order valence-corrected chi connectivity index (χ4v) is 3.04. The molecule has 2 heteroatoms. The zero-order valence-electron chi connectivity index (χ0n) is 11.8. The minimum atomic E-state index is -0.416. The third-order valence-corrected chi connectivity index (χ3v) is 4.03. The Labute approximate surface area is 127 Å². The fraction of sp³-hybridized carbons (Fsp3) is 0. The van der Waals surface area contributed by atoms with Crippen molar-refractivity contribution in [1.29, 1.82) is 0 Å². The van der Waals surface area contributed by atoms with Crippen molar-refractivity contribution in [3.63, 3.8) is 0 Å². The van der Waals surface area contributed by atoms with Crippen molar-refractivity contribution in [2.75, 3.05) is 0 Å². The van der Waals surface area contributed by atoms with E-state index in [4.69, 9.17) is 0 Å². The highest BCUT2D eigenvalue weighted by molar-refractivity contribution is 6.14. The SMILES string of the molecule is Oc1cccc(F)c1-c1cc2ccccc2c2ccccc12. The summed E-state index contributed by atoms with van der Waals surface area (Å²) >= 11 is 0. The van der Waals surface area contributed by atoms with Crippen molar-refractivity contribution in [2.24, 2.45) is 0 Å². The second-order valence-electron chi connectivity index (χ2n) is 5.32. The first-order valence-electron chi connectivity index (χ1n) is 7.14. The molecule has 0 bridgehead atoms. The van der Waals surface area contributed by atoms with Crippen molar-refractivity contribution < 1.29 is 9.50 Å². The Hall–Kier alpha value is -2.87. The highest BCUT2D eigenvalue weighted by Crippen LogP contribution is 2.39. The average molecular weight is 288 g/mol. The Morgan fingerprint density at radius 2 is 1.36 bits per heavy atom. The van der Waals surface area contributed by atoms with E-state index in [9.17, 15) is 9.50 Å². The van der Waals surface area contributed by atoms with Crippen molar-refractivity contribution in [2.45, 2.75) is 0 Å². The van der Waals surface area contributed by atoms with Gasteiger partial charge in [0.15, 0.2) is 0 Å². The molecule has 0 atom stereocenters. The average Bonchev–Trinajstić information content (AvgIpc) is 2.55. The van der Waals surface area contributed by atoms with Crippen LogP contribution in [0.3, 0.4) is 0 Å². The van der Waals surface area contributed by atoms with Crippen LogP contribution in [0.2, 0.25) is 0 Å². The number of halogens is 1. The normalized spacial score (nSPS) is 11.1. The van der Waals surface area contributed by atoms with E-state index in [2.05, 4.69) is 6.07 Å². The topological polar surface area (TPSA) is 20.2 Å². The molecule has 0 aliphatic heterocycles. The van der Waals surface area contributed by atoms with E-state index < -0.39 is 5.82 Å². The molecular weight excluding hydrogens is 275 g/mol. The molecule has 1 N–H and O–H groups in total. The van der Waals surface area contributed by atoms with E-state index in [0.717, 1.165) is 21.5 Å². The molecule has 22 heavy (non-hydrogen) atoms. The maximum absolute atomic E-state index is 14.3. The lowest BCUT2D eigenvalue weighted by molar-refractivity contribution is 0.472. The number of hydrogen-bond donors (Lipinski definition) is 1. The lowest BCUT2D eigenvalue weighted by Crippen LogP contribution is -1.88. The van der Waals surface area contributed by atoms with Crippen LogP contribution in [0.5, 0.6) is 5.75 Å². The molecule has 4 aromatic carbocycles. The molecule has 4 rings (SSSR count). The molecule has 0 radical (unpaired) electrons. The molecule has 1 nitrogen and oxygen atoms in total. The monoisotopic (exact) mass is 288 g/mol. The number of benzene rings is 4. The largest absolute Gasteiger partial charge is 0.507 e. The number of fused-ring (bicyclic) bond motifs is 3. The van der Waals surface area contributed by atoms with Gasteiger partial charge in [-0.15, -0.1) is 0 Å². The fourth-order valence-electron chi connectivity index (χ4n) is 3.04. The maximum Gasteiger partial charge on any atom is 0.134 e. The van der Waals surface area contributed by atoms with Crippen LogP contribution in [0.4, 0.5) is 4.39 Å². The van der Waals surface area contributed by atoms with Gasteiger partial charge in [-0.25, -0.2) is 4.39 Å². The summed E-state index contributed by atoms with van der Waals surface area (Å²) in [4.78, 5) is 0. The second kappa shape index (κ2) is 4.85. The number of phenolic OH excluding ortho intramolecular Hbond substituents is 1.